The van der Waals surface area contributed by atoms with Crippen LogP contribution < -0.4 is 5.56 Å². The molecule has 102 valence electrons. The molecule has 0 atom stereocenters. The molecule has 0 aliphatic carbocycles. The number of aromatic amines is 1. The Balaban J connectivity index is 0.000000178. The van der Waals surface area contributed by atoms with Crippen molar-refractivity contribution in [1.29, 1.82) is 0 Å². The molecule has 3 rings (SSSR count). The molecule has 0 fully saturated rings. The van der Waals surface area contributed by atoms with Crippen LogP contribution in [0.5, 0.6) is 0 Å². The first-order valence-electron chi connectivity index (χ1n) is 6.21. The number of halogens is 1. The molecular formula is C16H15ClN2O. The van der Waals surface area contributed by atoms with Crippen molar-refractivity contribution in [2.45, 2.75) is 6.92 Å². The Morgan fingerprint density at radius 1 is 0.950 bits per heavy atom. The van der Waals surface area contributed by atoms with E-state index in [1.54, 1.807) is 10.7 Å². The summed E-state index contributed by atoms with van der Waals surface area (Å²) in [6, 6.07) is 20.7. The van der Waals surface area contributed by atoms with E-state index in [0.29, 0.717) is 0 Å². The fourth-order valence-electron chi connectivity index (χ4n) is 1.74. The van der Waals surface area contributed by atoms with Crippen molar-refractivity contribution in [2.75, 3.05) is 0 Å². The molecule has 3 aromatic rings. The van der Waals surface area contributed by atoms with Gasteiger partial charge in [-0.05, 0) is 31.2 Å². The number of aryl methyl sites for hydroxylation is 1. The van der Waals surface area contributed by atoms with Crippen molar-refractivity contribution in [3.8, 4) is 5.69 Å². The second kappa shape index (κ2) is 6.78. The number of hydrogen-bond donors (Lipinski definition) is 1. The number of aromatic nitrogens is 2. The maximum Gasteiger partial charge on any atom is 0.264 e. The lowest BCUT2D eigenvalue weighted by atomic mass is 10.3. The topological polar surface area (TPSA) is 37.8 Å². The number of hydrogen-bond acceptors (Lipinski definition) is 1. The smallest absolute Gasteiger partial charge is 0.264 e. The summed E-state index contributed by atoms with van der Waals surface area (Å²) in [4.78, 5) is 11.0. The van der Waals surface area contributed by atoms with Gasteiger partial charge in [0.15, 0.2) is 0 Å². The Morgan fingerprint density at radius 3 is 1.90 bits per heavy atom. The number of nitrogens with one attached hydrogen (secondary N) is 1. The van der Waals surface area contributed by atoms with Crippen LogP contribution in [0.15, 0.2) is 71.5 Å². The molecule has 0 unspecified atom stereocenters. The first-order valence-corrected chi connectivity index (χ1v) is 6.59. The largest absolute Gasteiger partial charge is 0.268 e. The molecule has 3 nitrogen and oxygen atoms in total. The van der Waals surface area contributed by atoms with Gasteiger partial charge in [0.25, 0.3) is 5.56 Å². The Labute approximate surface area is 122 Å². The standard InChI is InChI=1S/C10H10N2O.C6H5Cl/c1-8-7-10(13)11-12(8)9-5-3-2-4-6-9;7-6-4-2-1-3-5-6/h2-7H,1H3,(H,11,13);1-5H. The third-order valence-corrected chi connectivity index (χ3v) is 2.91. The summed E-state index contributed by atoms with van der Waals surface area (Å²) in [7, 11) is 0. The van der Waals surface area contributed by atoms with E-state index in [9.17, 15) is 4.79 Å². The summed E-state index contributed by atoms with van der Waals surface area (Å²) < 4.78 is 1.77. The van der Waals surface area contributed by atoms with Gasteiger partial charge in [-0.25, -0.2) is 0 Å². The van der Waals surface area contributed by atoms with Crippen LogP contribution in [-0.2, 0) is 0 Å². The van der Waals surface area contributed by atoms with Crippen molar-refractivity contribution in [3.05, 3.63) is 87.8 Å². The maximum atomic E-state index is 11.0. The fourth-order valence-corrected chi connectivity index (χ4v) is 1.89. The van der Waals surface area contributed by atoms with Crippen molar-refractivity contribution in [1.82, 2.24) is 9.78 Å². The maximum absolute atomic E-state index is 11.0. The van der Waals surface area contributed by atoms with Crippen molar-refractivity contribution < 1.29 is 0 Å². The molecule has 2 aromatic carbocycles. The molecule has 0 aliphatic rings. The minimum Gasteiger partial charge on any atom is -0.268 e. The van der Waals surface area contributed by atoms with Crippen LogP contribution in [-0.4, -0.2) is 9.78 Å². The molecular weight excluding hydrogens is 272 g/mol. The van der Waals surface area contributed by atoms with E-state index in [4.69, 9.17) is 11.6 Å². The molecule has 1 N–H and O–H groups in total. The average molecular weight is 287 g/mol. The first kappa shape index (κ1) is 14.2. The van der Waals surface area contributed by atoms with Gasteiger partial charge in [0.2, 0.25) is 0 Å². The molecule has 0 aliphatic heterocycles. The van der Waals surface area contributed by atoms with Gasteiger partial charge in [-0.15, -0.1) is 0 Å². The van der Waals surface area contributed by atoms with Gasteiger partial charge in [-0.1, -0.05) is 48.0 Å². The Morgan fingerprint density at radius 2 is 1.50 bits per heavy atom. The zero-order valence-corrected chi connectivity index (χ0v) is 11.8. The summed E-state index contributed by atoms with van der Waals surface area (Å²) >= 11 is 5.54. The van der Waals surface area contributed by atoms with Gasteiger partial charge in [0.1, 0.15) is 0 Å². The van der Waals surface area contributed by atoms with E-state index < -0.39 is 0 Å². The highest BCUT2D eigenvalue weighted by Crippen LogP contribution is 2.06. The summed E-state index contributed by atoms with van der Waals surface area (Å²) in [5.74, 6) is 0. The Kier molecular flexibility index (Phi) is 4.80. The van der Waals surface area contributed by atoms with Crippen LogP contribution in [0.4, 0.5) is 0 Å². The normalized spacial score (nSPS) is 9.70. The molecule has 1 heterocycles. The molecule has 1 aromatic heterocycles. The molecule has 0 saturated heterocycles. The molecule has 0 saturated carbocycles. The lowest BCUT2D eigenvalue weighted by Gasteiger charge is -2.03. The summed E-state index contributed by atoms with van der Waals surface area (Å²) in [5.41, 5.74) is 1.82. The van der Waals surface area contributed by atoms with Gasteiger partial charge in [0, 0.05) is 16.8 Å². The molecule has 0 radical (unpaired) electrons. The van der Waals surface area contributed by atoms with E-state index in [0.717, 1.165) is 16.4 Å². The SMILES string of the molecule is Cc1cc(=O)[nH]n1-c1ccccc1.Clc1ccccc1. The van der Waals surface area contributed by atoms with Crippen LogP contribution >= 0.6 is 11.6 Å². The Bertz CT molecular complexity index is 702. The monoisotopic (exact) mass is 286 g/mol. The molecule has 0 spiro atoms. The third-order valence-electron chi connectivity index (χ3n) is 2.66. The van der Waals surface area contributed by atoms with Crippen molar-refractivity contribution in [2.24, 2.45) is 0 Å². The first-order chi connectivity index (χ1) is 9.66. The van der Waals surface area contributed by atoms with Gasteiger partial charge < -0.3 is 0 Å². The zero-order chi connectivity index (χ0) is 14.4. The van der Waals surface area contributed by atoms with Crippen LogP contribution in [0.3, 0.4) is 0 Å². The Hall–Kier alpha value is -2.26. The molecule has 20 heavy (non-hydrogen) atoms. The quantitative estimate of drug-likeness (QED) is 0.726. The third kappa shape index (κ3) is 3.87. The van der Waals surface area contributed by atoms with E-state index in [1.165, 1.54) is 0 Å². The highest BCUT2D eigenvalue weighted by Gasteiger charge is 1.99. The number of rotatable bonds is 1. The zero-order valence-electron chi connectivity index (χ0n) is 11.1. The van der Waals surface area contributed by atoms with Gasteiger partial charge in [0.05, 0.1) is 5.69 Å². The number of H-pyrrole nitrogens is 1. The number of benzene rings is 2. The minimum atomic E-state index is -0.0682. The fraction of sp³-hybridized carbons (Fsp3) is 0.0625. The van der Waals surface area contributed by atoms with Crippen LogP contribution in [0, 0.1) is 6.92 Å². The predicted octanol–water partition coefficient (Wildman–Crippen LogP) is 3.81. The van der Waals surface area contributed by atoms with Crippen LogP contribution in [0.1, 0.15) is 5.69 Å². The van der Waals surface area contributed by atoms with E-state index in [-0.39, 0.29) is 5.56 Å². The molecule has 0 bridgehead atoms. The lowest BCUT2D eigenvalue weighted by molar-refractivity contribution is 0.834. The second-order valence-corrected chi connectivity index (χ2v) is 4.66. The molecule has 0 amide bonds. The lowest BCUT2D eigenvalue weighted by Crippen LogP contribution is -2.03. The van der Waals surface area contributed by atoms with Gasteiger partial charge in [-0.2, -0.15) is 0 Å². The second-order valence-electron chi connectivity index (χ2n) is 4.23. The highest BCUT2D eigenvalue weighted by atomic mass is 35.5. The van der Waals surface area contributed by atoms with Crippen molar-refractivity contribution >= 4 is 11.6 Å². The minimum absolute atomic E-state index is 0.0682. The number of nitrogens with zero attached hydrogens (tertiary/aromatic N) is 1. The molecule has 4 heteroatoms. The van der Waals surface area contributed by atoms with Gasteiger partial charge >= 0.3 is 0 Å². The summed E-state index contributed by atoms with van der Waals surface area (Å²) in [5, 5.41) is 3.52. The summed E-state index contributed by atoms with van der Waals surface area (Å²) in [6.07, 6.45) is 0. The van der Waals surface area contributed by atoms with Gasteiger partial charge in [-0.3, -0.25) is 14.6 Å². The average Bonchev–Trinajstić information content (AvgIpc) is 2.80. The number of para-hydroxylation sites is 1. The van der Waals surface area contributed by atoms with E-state index >= 15 is 0 Å². The summed E-state index contributed by atoms with van der Waals surface area (Å²) in [6.45, 7) is 1.89. The highest BCUT2D eigenvalue weighted by molar-refractivity contribution is 6.30. The van der Waals surface area contributed by atoms with E-state index in [2.05, 4.69) is 5.10 Å². The van der Waals surface area contributed by atoms with Crippen LogP contribution in [0.2, 0.25) is 5.02 Å². The van der Waals surface area contributed by atoms with Crippen molar-refractivity contribution in [3.63, 3.8) is 0 Å². The van der Waals surface area contributed by atoms with Crippen LogP contribution in [0.25, 0.3) is 5.69 Å². The predicted molar refractivity (Wildman–Crippen MR) is 82.6 cm³/mol. The van der Waals surface area contributed by atoms with E-state index in [1.807, 2.05) is 67.6 Å².